The van der Waals surface area contributed by atoms with Gasteiger partial charge in [0.1, 0.15) is 0 Å². The molecule has 1 unspecified atom stereocenters. The lowest BCUT2D eigenvalue weighted by molar-refractivity contribution is 0.0728. The lowest BCUT2D eigenvalue weighted by Crippen LogP contribution is -2.40. The van der Waals surface area contributed by atoms with Crippen LogP contribution in [0.15, 0.2) is 12.1 Å². The minimum absolute atomic E-state index is 0.159. The maximum Gasteiger partial charge on any atom is 0.254 e. The monoisotopic (exact) mass is 321 g/mol. The van der Waals surface area contributed by atoms with Gasteiger partial charge in [-0.25, -0.2) is 13.2 Å². The molecule has 1 amide bonds. The van der Waals surface area contributed by atoms with E-state index in [4.69, 9.17) is 0 Å². The quantitative estimate of drug-likeness (QED) is 0.575. The van der Waals surface area contributed by atoms with E-state index in [1.165, 1.54) is 4.90 Å². The Morgan fingerprint density at radius 2 is 1.89 bits per heavy atom. The lowest BCUT2D eigenvalue weighted by atomic mass is 10.1. The molecule has 1 saturated heterocycles. The van der Waals surface area contributed by atoms with Crippen molar-refractivity contribution in [3.05, 3.63) is 35.1 Å². The van der Waals surface area contributed by atoms with Gasteiger partial charge in [0, 0.05) is 23.5 Å². The number of hydrogen-bond acceptors (Lipinski definition) is 1. The third-order valence-electron chi connectivity index (χ3n) is 2.88. The van der Waals surface area contributed by atoms with Gasteiger partial charge in [-0.15, -0.1) is 0 Å². The highest BCUT2D eigenvalue weighted by atomic mass is 79.9. The van der Waals surface area contributed by atoms with Gasteiger partial charge in [-0.2, -0.15) is 0 Å². The minimum Gasteiger partial charge on any atom is -0.338 e. The number of piperidine rings is 1. The van der Waals surface area contributed by atoms with Gasteiger partial charge in [-0.1, -0.05) is 15.9 Å². The van der Waals surface area contributed by atoms with Crippen LogP contribution in [0.4, 0.5) is 13.2 Å². The Hall–Kier alpha value is -1.04. The van der Waals surface area contributed by atoms with Crippen LogP contribution >= 0.6 is 15.9 Å². The molecule has 1 fully saturated rings. The molecule has 0 radical (unpaired) electrons. The number of alkyl halides is 1. The van der Waals surface area contributed by atoms with Gasteiger partial charge in [0.15, 0.2) is 17.5 Å². The second kappa shape index (κ2) is 5.30. The zero-order valence-corrected chi connectivity index (χ0v) is 11.0. The Kier molecular flexibility index (Phi) is 3.94. The molecule has 1 heterocycles. The summed E-state index contributed by atoms with van der Waals surface area (Å²) < 4.78 is 38.9. The predicted molar refractivity (Wildman–Crippen MR) is 64.2 cm³/mol. The molecule has 2 rings (SSSR count). The standard InChI is InChI=1S/C12H11BrF3NO/c13-8-2-1-3-17(6-8)12(18)7-4-9(14)11(16)10(15)5-7/h4-5,8H,1-3,6H2. The Morgan fingerprint density at radius 3 is 2.44 bits per heavy atom. The van der Waals surface area contributed by atoms with E-state index in [9.17, 15) is 18.0 Å². The summed E-state index contributed by atoms with van der Waals surface area (Å²) in [6, 6.07) is 1.47. The maximum atomic E-state index is 13.0. The Bertz CT molecular complexity index is 457. The number of nitrogens with zero attached hydrogens (tertiary/aromatic N) is 1. The second-order valence-electron chi connectivity index (χ2n) is 4.24. The fraction of sp³-hybridized carbons (Fsp3) is 0.417. The fourth-order valence-corrected chi connectivity index (χ4v) is 2.64. The average Bonchev–Trinajstić information content (AvgIpc) is 2.34. The third kappa shape index (κ3) is 2.68. The van der Waals surface area contributed by atoms with E-state index in [1.807, 2.05) is 0 Å². The molecule has 1 aromatic rings. The summed E-state index contributed by atoms with van der Waals surface area (Å²) in [4.78, 5) is 13.7. The maximum absolute atomic E-state index is 13.0. The Balaban J connectivity index is 2.23. The summed E-state index contributed by atoms with van der Waals surface area (Å²) in [5, 5.41) is 0. The number of rotatable bonds is 1. The topological polar surface area (TPSA) is 20.3 Å². The smallest absolute Gasteiger partial charge is 0.254 e. The van der Waals surface area contributed by atoms with Crippen molar-refractivity contribution >= 4 is 21.8 Å². The molecular formula is C12H11BrF3NO. The number of hydrogen-bond donors (Lipinski definition) is 0. The molecule has 98 valence electrons. The van der Waals surface area contributed by atoms with Crippen LogP contribution in [0.3, 0.4) is 0 Å². The molecular weight excluding hydrogens is 311 g/mol. The van der Waals surface area contributed by atoms with Crippen LogP contribution in [0, 0.1) is 17.5 Å². The van der Waals surface area contributed by atoms with Crippen molar-refractivity contribution in [1.29, 1.82) is 0 Å². The molecule has 0 N–H and O–H groups in total. The minimum atomic E-state index is -1.55. The van der Waals surface area contributed by atoms with Crippen LogP contribution in [0.1, 0.15) is 23.2 Å². The van der Waals surface area contributed by atoms with Gasteiger partial charge >= 0.3 is 0 Å². The van der Waals surface area contributed by atoms with Crippen molar-refractivity contribution in [1.82, 2.24) is 4.90 Å². The molecule has 2 nitrogen and oxygen atoms in total. The molecule has 6 heteroatoms. The van der Waals surface area contributed by atoms with E-state index >= 15 is 0 Å². The first-order valence-corrected chi connectivity index (χ1v) is 6.48. The molecule has 1 aromatic carbocycles. The number of benzene rings is 1. The van der Waals surface area contributed by atoms with Gasteiger partial charge < -0.3 is 4.90 Å². The number of carbonyl (C=O) groups is 1. The first-order chi connectivity index (χ1) is 8.49. The molecule has 18 heavy (non-hydrogen) atoms. The first-order valence-electron chi connectivity index (χ1n) is 5.57. The van der Waals surface area contributed by atoms with E-state index < -0.39 is 23.4 Å². The Labute approximate surface area is 111 Å². The van der Waals surface area contributed by atoms with Gasteiger partial charge in [0.05, 0.1) is 0 Å². The van der Waals surface area contributed by atoms with Crippen molar-refractivity contribution in [3.8, 4) is 0 Å². The van der Waals surface area contributed by atoms with Gasteiger partial charge in [-0.3, -0.25) is 4.79 Å². The first kappa shape index (κ1) is 13.4. The van der Waals surface area contributed by atoms with Gasteiger partial charge in [-0.05, 0) is 25.0 Å². The van der Waals surface area contributed by atoms with Crippen LogP contribution in [-0.4, -0.2) is 28.7 Å². The van der Waals surface area contributed by atoms with Crippen molar-refractivity contribution in [3.63, 3.8) is 0 Å². The van der Waals surface area contributed by atoms with E-state index in [0.29, 0.717) is 13.1 Å². The molecule has 0 aliphatic carbocycles. The van der Waals surface area contributed by atoms with E-state index in [1.54, 1.807) is 0 Å². The highest BCUT2D eigenvalue weighted by Gasteiger charge is 2.24. The summed E-state index contributed by atoms with van der Waals surface area (Å²) >= 11 is 3.41. The molecule has 1 aliphatic heterocycles. The lowest BCUT2D eigenvalue weighted by Gasteiger charge is -2.30. The third-order valence-corrected chi connectivity index (χ3v) is 3.63. The van der Waals surface area contributed by atoms with E-state index in [0.717, 1.165) is 25.0 Å². The van der Waals surface area contributed by atoms with E-state index in [-0.39, 0.29) is 10.4 Å². The zero-order valence-electron chi connectivity index (χ0n) is 9.43. The summed E-state index contributed by atoms with van der Waals surface area (Å²) in [6.07, 6.45) is 1.78. The van der Waals surface area contributed by atoms with Crippen molar-refractivity contribution in [2.45, 2.75) is 17.7 Å². The van der Waals surface area contributed by atoms with E-state index in [2.05, 4.69) is 15.9 Å². The average molecular weight is 322 g/mol. The van der Waals surface area contributed by atoms with Crippen molar-refractivity contribution < 1.29 is 18.0 Å². The fourth-order valence-electron chi connectivity index (χ4n) is 1.97. The molecule has 0 bridgehead atoms. The van der Waals surface area contributed by atoms with Crippen LogP contribution < -0.4 is 0 Å². The number of likely N-dealkylation sites (tertiary alicyclic amines) is 1. The molecule has 0 saturated carbocycles. The SMILES string of the molecule is O=C(c1cc(F)c(F)c(F)c1)N1CCCC(Br)C1. The number of amides is 1. The van der Waals surface area contributed by atoms with Crippen molar-refractivity contribution in [2.24, 2.45) is 0 Å². The highest BCUT2D eigenvalue weighted by molar-refractivity contribution is 9.09. The molecule has 0 aromatic heterocycles. The highest BCUT2D eigenvalue weighted by Crippen LogP contribution is 2.20. The largest absolute Gasteiger partial charge is 0.338 e. The Morgan fingerprint density at radius 1 is 1.28 bits per heavy atom. The van der Waals surface area contributed by atoms with Crippen molar-refractivity contribution in [2.75, 3.05) is 13.1 Å². The predicted octanol–water partition coefficient (Wildman–Crippen LogP) is 3.10. The number of halogens is 4. The van der Waals surface area contributed by atoms with Gasteiger partial charge in [0.25, 0.3) is 5.91 Å². The molecule has 1 atom stereocenters. The van der Waals surface area contributed by atoms with Crippen LogP contribution in [-0.2, 0) is 0 Å². The molecule has 0 spiro atoms. The summed E-state index contributed by atoms with van der Waals surface area (Å²) in [5.74, 6) is -4.71. The zero-order chi connectivity index (χ0) is 13.3. The summed E-state index contributed by atoms with van der Waals surface area (Å²) in [6.45, 7) is 1.03. The molecule has 1 aliphatic rings. The van der Waals surface area contributed by atoms with Crippen LogP contribution in [0.25, 0.3) is 0 Å². The number of carbonyl (C=O) groups excluding carboxylic acids is 1. The van der Waals surface area contributed by atoms with Gasteiger partial charge in [0.2, 0.25) is 0 Å². The van der Waals surface area contributed by atoms with Crippen LogP contribution in [0.5, 0.6) is 0 Å². The normalized spacial score (nSPS) is 20.0. The summed E-state index contributed by atoms with van der Waals surface area (Å²) in [5.41, 5.74) is -0.159. The summed E-state index contributed by atoms with van der Waals surface area (Å²) in [7, 11) is 0. The van der Waals surface area contributed by atoms with Crippen LogP contribution in [0.2, 0.25) is 0 Å². The second-order valence-corrected chi connectivity index (χ2v) is 5.54.